The first-order valence-corrected chi connectivity index (χ1v) is 7.23. The molecule has 0 spiro atoms. The summed E-state index contributed by atoms with van der Waals surface area (Å²) in [5.74, 6) is 0.610. The highest BCUT2D eigenvalue weighted by molar-refractivity contribution is 5.27. The van der Waals surface area contributed by atoms with Gasteiger partial charge in [0.2, 0.25) is 0 Å². The Bertz CT molecular complexity index is 413. The van der Waals surface area contributed by atoms with E-state index < -0.39 is 0 Å². The molecular weight excluding hydrogens is 234 g/mol. The number of hydrogen-bond donors (Lipinski definition) is 0. The van der Waals surface area contributed by atoms with Crippen molar-refractivity contribution in [3.63, 3.8) is 0 Å². The van der Waals surface area contributed by atoms with E-state index in [1.807, 2.05) is 0 Å². The molecule has 1 aromatic rings. The second kappa shape index (κ2) is 6.76. The second-order valence-electron chi connectivity index (χ2n) is 5.70. The maximum atomic E-state index is 5.36. The zero-order valence-corrected chi connectivity index (χ0v) is 12.4. The van der Waals surface area contributed by atoms with Crippen molar-refractivity contribution in [1.82, 2.24) is 4.90 Å². The molecule has 1 saturated heterocycles. The number of allylic oxidation sites excluding steroid dienone is 1. The normalized spacial score (nSPS) is 17.1. The van der Waals surface area contributed by atoms with Gasteiger partial charge < -0.3 is 9.64 Å². The molecule has 0 N–H and O–H groups in total. The Hall–Kier alpha value is -1.28. The predicted molar refractivity (Wildman–Crippen MR) is 80.4 cm³/mol. The summed E-state index contributed by atoms with van der Waals surface area (Å²) >= 11 is 0. The summed E-state index contributed by atoms with van der Waals surface area (Å²) in [5, 5.41) is 0. The third-order valence-electron chi connectivity index (χ3n) is 3.58. The van der Waals surface area contributed by atoms with Gasteiger partial charge in [0.15, 0.2) is 0 Å². The van der Waals surface area contributed by atoms with E-state index in [0.717, 1.165) is 32.7 Å². The topological polar surface area (TPSA) is 12.5 Å². The third kappa shape index (κ3) is 4.39. The first-order valence-electron chi connectivity index (χ1n) is 7.23. The van der Waals surface area contributed by atoms with Crippen molar-refractivity contribution >= 4 is 0 Å². The van der Waals surface area contributed by atoms with E-state index in [4.69, 9.17) is 4.74 Å². The lowest BCUT2D eigenvalue weighted by Crippen LogP contribution is -2.32. The Balaban J connectivity index is 1.93. The van der Waals surface area contributed by atoms with Crippen LogP contribution in [0.15, 0.2) is 36.0 Å². The first kappa shape index (κ1) is 14.1. The van der Waals surface area contributed by atoms with Crippen LogP contribution in [0.2, 0.25) is 0 Å². The SMILES string of the molecule is C/C(=C\N1CCOCC1)Cc1ccc(C(C)C)cc1. The molecule has 0 amide bonds. The van der Waals surface area contributed by atoms with Crippen LogP contribution >= 0.6 is 0 Å². The van der Waals surface area contributed by atoms with E-state index in [2.05, 4.69) is 56.1 Å². The molecule has 2 rings (SSSR count). The van der Waals surface area contributed by atoms with Gasteiger partial charge in [-0.1, -0.05) is 43.7 Å². The zero-order chi connectivity index (χ0) is 13.7. The summed E-state index contributed by atoms with van der Waals surface area (Å²) in [6, 6.07) is 9.02. The molecule has 104 valence electrons. The minimum Gasteiger partial charge on any atom is -0.378 e. The van der Waals surface area contributed by atoms with Crippen LogP contribution in [0.1, 0.15) is 37.8 Å². The van der Waals surface area contributed by atoms with E-state index in [1.54, 1.807) is 0 Å². The largest absolute Gasteiger partial charge is 0.378 e. The predicted octanol–water partition coefficient (Wildman–Crippen LogP) is 3.59. The Morgan fingerprint density at radius 2 is 1.84 bits per heavy atom. The van der Waals surface area contributed by atoms with Gasteiger partial charge >= 0.3 is 0 Å². The van der Waals surface area contributed by atoms with Gasteiger partial charge in [-0.15, -0.1) is 0 Å². The number of benzene rings is 1. The first-order chi connectivity index (χ1) is 9.15. The molecule has 1 heterocycles. The number of hydrogen-bond acceptors (Lipinski definition) is 2. The van der Waals surface area contributed by atoms with Crippen molar-refractivity contribution in [2.45, 2.75) is 33.1 Å². The molecule has 1 aromatic carbocycles. The van der Waals surface area contributed by atoms with Crippen molar-refractivity contribution < 1.29 is 4.74 Å². The van der Waals surface area contributed by atoms with Gasteiger partial charge in [0.25, 0.3) is 0 Å². The lowest BCUT2D eigenvalue weighted by atomic mass is 9.99. The van der Waals surface area contributed by atoms with Crippen molar-refractivity contribution in [3.8, 4) is 0 Å². The summed E-state index contributed by atoms with van der Waals surface area (Å²) in [7, 11) is 0. The fourth-order valence-corrected chi connectivity index (χ4v) is 2.41. The van der Waals surface area contributed by atoms with Crippen LogP contribution in [-0.4, -0.2) is 31.2 Å². The number of morpholine rings is 1. The molecule has 1 fully saturated rings. The summed E-state index contributed by atoms with van der Waals surface area (Å²) in [4.78, 5) is 2.36. The molecule has 0 bridgehead atoms. The highest BCUT2D eigenvalue weighted by Crippen LogP contribution is 2.16. The molecule has 0 atom stereocenters. The summed E-state index contributed by atoms with van der Waals surface area (Å²) in [6.45, 7) is 10.4. The average molecular weight is 259 g/mol. The van der Waals surface area contributed by atoms with Gasteiger partial charge in [-0.3, -0.25) is 0 Å². The Morgan fingerprint density at radius 1 is 1.21 bits per heavy atom. The standard InChI is InChI=1S/C17H25NO/c1-14(2)17-6-4-16(5-7-17)12-15(3)13-18-8-10-19-11-9-18/h4-7,13-14H,8-12H2,1-3H3/b15-13+. The van der Waals surface area contributed by atoms with E-state index >= 15 is 0 Å². The maximum absolute atomic E-state index is 5.36. The van der Waals surface area contributed by atoms with Crippen LogP contribution in [0, 0.1) is 0 Å². The molecule has 19 heavy (non-hydrogen) atoms. The van der Waals surface area contributed by atoms with Gasteiger partial charge in [0.1, 0.15) is 0 Å². The molecule has 1 aliphatic heterocycles. The lowest BCUT2D eigenvalue weighted by molar-refractivity contribution is 0.0590. The molecule has 0 aliphatic carbocycles. The quantitative estimate of drug-likeness (QED) is 0.819. The molecule has 2 nitrogen and oxygen atoms in total. The molecule has 1 aliphatic rings. The highest BCUT2D eigenvalue weighted by atomic mass is 16.5. The fraction of sp³-hybridized carbons (Fsp3) is 0.529. The molecule has 0 radical (unpaired) electrons. The van der Waals surface area contributed by atoms with Gasteiger partial charge in [0.05, 0.1) is 13.2 Å². The molecule has 0 saturated carbocycles. The van der Waals surface area contributed by atoms with Crippen molar-refractivity contribution in [1.29, 1.82) is 0 Å². The minimum atomic E-state index is 0.610. The van der Waals surface area contributed by atoms with Gasteiger partial charge in [-0.25, -0.2) is 0 Å². The number of rotatable bonds is 4. The summed E-state index contributed by atoms with van der Waals surface area (Å²) in [5.41, 5.74) is 4.23. The Labute approximate surface area is 117 Å². The monoisotopic (exact) mass is 259 g/mol. The van der Waals surface area contributed by atoms with Crippen molar-refractivity contribution in [3.05, 3.63) is 47.2 Å². The third-order valence-corrected chi connectivity index (χ3v) is 3.58. The average Bonchev–Trinajstić information content (AvgIpc) is 2.40. The molecule has 2 heteroatoms. The summed E-state index contributed by atoms with van der Waals surface area (Å²) < 4.78 is 5.36. The van der Waals surface area contributed by atoms with Crippen LogP contribution in [0.5, 0.6) is 0 Å². The van der Waals surface area contributed by atoms with E-state index in [9.17, 15) is 0 Å². The van der Waals surface area contributed by atoms with Gasteiger partial charge in [-0.2, -0.15) is 0 Å². The minimum absolute atomic E-state index is 0.610. The van der Waals surface area contributed by atoms with Crippen LogP contribution in [0.3, 0.4) is 0 Å². The second-order valence-corrected chi connectivity index (χ2v) is 5.70. The van der Waals surface area contributed by atoms with Gasteiger partial charge in [0, 0.05) is 13.1 Å². The zero-order valence-electron chi connectivity index (χ0n) is 12.4. The maximum Gasteiger partial charge on any atom is 0.0642 e. The van der Waals surface area contributed by atoms with Crippen molar-refractivity contribution in [2.24, 2.45) is 0 Å². The van der Waals surface area contributed by atoms with Crippen molar-refractivity contribution in [2.75, 3.05) is 26.3 Å². The Kier molecular flexibility index (Phi) is 5.03. The molecular formula is C17H25NO. The van der Waals surface area contributed by atoms with Gasteiger partial charge in [-0.05, 0) is 36.6 Å². The lowest BCUT2D eigenvalue weighted by Gasteiger charge is -2.26. The highest BCUT2D eigenvalue weighted by Gasteiger charge is 2.07. The molecule has 0 unspecified atom stereocenters. The molecule has 0 aromatic heterocycles. The number of nitrogens with zero attached hydrogens (tertiary/aromatic N) is 1. The van der Waals surface area contributed by atoms with Crippen LogP contribution in [-0.2, 0) is 11.2 Å². The van der Waals surface area contributed by atoms with Crippen LogP contribution < -0.4 is 0 Å². The fourth-order valence-electron chi connectivity index (χ4n) is 2.41. The van der Waals surface area contributed by atoms with Crippen LogP contribution in [0.25, 0.3) is 0 Å². The van der Waals surface area contributed by atoms with Crippen LogP contribution in [0.4, 0.5) is 0 Å². The number of ether oxygens (including phenoxy) is 1. The van der Waals surface area contributed by atoms with E-state index in [1.165, 1.54) is 16.7 Å². The smallest absolute Gasteiger partial charge is 0.0642 e. The van der Waals surface area contributed by atoms with E-state index in [-0.39, 0.29) is 0 Å². The summed E-state index contributed by atoms with van der Waals surface area (Å²) in [6.07, 6.45) is 3.33. The Morgan fingerprint density at radius 3 is 2.42 bits per heavy atom. The van der Waals surface area contributed by atoms with E-state index in [0.29, 0.717) is 5.92 Å².